The number of ether oxygens (including phenoxy) is 1. The molecule has 7 heteroatoms. The quantitative estimate of drug-likeness (QED) is 0.684. The lowest BCUT2D eigenvalue weighted by Crippen LogP contribution is -2.43. The molecule has 1 atom stereocenters. The van der Waals surface area contributed by atoms with Gasteiger partial charge in [0.15, 0.2) is 5.69 Å². The van der Waals surface area contributed by atoms with Crippen molar-refractivity contribution >= 4 is 21.8 Å². The molecule has 0 aliphatic carbocycles. The van der Waals surface area contributed by atoms with Gasteiger partial charge in [0, 0.05) is 48.2 Å². The fraction of sp³-hybridized carbons (Fsp3) is 0.450. The smallest absolute Gasteiger partial charge is 0.379 e. The highest BCUT2D eigenvalue weighted by Crippen LogP contribution is 2.38. The summed E-state index contributed by atoms with van der Waals surface area (Å²) in [5.74, 6) is 0. The van der Waals surface area contributed by atoms with Crippen LogP contribution >= 0.6 is 0 Å². The fourth-order valence-corrected chi connectivity index (χ4v) is 3.95. The SMILES string of the molecule is Cc1ccc2c3ccnc(C(F)(F)F)c3n(CC(C)N3CCOCC3)c2c1. The average Bonchev–Trinajstić information content (AvgIpc) is 2.94. The molecule has 0 bridgehead atoms. The number of rotatable bonds is 3. The standard InChI is InChI=1S/C20H22F3N3O/c1-13-3-4-15-16-5-6-24-19(20(21,22)23)18(16)26(17(15)11-13)12-14(2)25-7-9-27-10-8-25/h3-6,11,14H,7-10,12H2,1-2H3. The minimum atomic E-state index is -4.50. The van der Waals surface area contributed by atoms with Gasteiger partial charge >= 0.3 is 6.18 Å². The van der Waals surface area contributed by atoms with Crippen molar-refractivity contribution < 1.29 is 17.9 Å². The molecule has 0 spiro atoms. The van der Waals surface area contributed by atoms with Crippen molar-refractivity contribution in [1.29, 1.82) is 0 Å². The Bertz CT molecular complexity index is 974. The molecule has 3 heterocycles. The number of aromatic nitrogens is 2. The molecule has 2 aromatic heterocycles. The van der Waals surface area contributed by atoms with Crippen LogP contribution < -0.4 is 0 Å². The number of pyridine rings is 1. The molecule has 1 saturated heterocycles. The van der Waals surface area contributed by atoms with Gasteiger partial charge in [0.05, 0.1) is 18.7 Å². The zero-order chi connectivity index (χ0) is 19.2. The first-order chi connectivity index (χ1) is 12.9. The molecule has 1 unspecified atom stereocenters. The molecule has 0 radical (unpaired) electrons. The van der Waals surface area contributed by atoms with Crippen LogP contribution in [0.3, 0.4) is 0 Å². The highest BCUT2D eigenvalue weighted by atomic mass is 19.4. The number of benzene rings is 1. The van der Waals surface area contributed by atoms with E-state index in [4.69, 9.17) is 4.74 Å². The predicted octanol–water partition coefficient (Wildman–Crippen LogP) is 4.24. The average molecular weight is 377 g/mol. The lowest BCUT2D eigenvalue weighted by Gasteiger charge is -2.33. The number of hydrogen-bond acceptors (Lipinski definition) is 3. The number of halogens is 3. The third kappa shape index (κ3) is 3.30. The van der Waals surface area contributed by atoms with E-state index in [0.29, 0.717) is 25.1 Å². The van der Waals surface area contributed by atoms with Crippen molar-refractivity contribution in [2.45, 2.75) is 32.6 Å². The maximum absolute atomic E-state index is 13.7. The molecule has 1 aliphatic heterocycles. The zero-order valence-corrected chi connectivity index (χ0v) is 15.4. The largest absolute Gasteiger partial charge is 0.435 e. The summed E-state index contributed by atoms with van der Waals surface area (Å²) in [4.78, 5) is 5.96. The van der Waals surface area contributed by atoms with Crippen LogP contribution in [0.1, 0.15) is 18.2 Å². The second kappa shape index (κ2) is 6.80. The molecule has 144 valence electrons. The van der Waals surface area contributed by atoms with Crippen molar-refractivity contribution in [2.75, 3.05) is 26.3 Å². The first kappa shape index (κ1) is 18.3. The third-order valence-electron chi connectivity index (χ3n) is 5.31. The number of morpholine rings is 1. The Balaban J connectivity index is 1.91. The van der Waals surface area contributed by atoms with Crippen LogP contribution in [0, 0.1) is 6.92 Å². The summed E-state index contributed by atoms with van der Waals surface area (Å²) in [6.45, 7) is 7.39. The highest BCUT2D eigenvalue weighted by Gasteiger charge is 2.36. The van der Waals surface area contributed by atoms with Crippen LogP contribution in [-0.2, 0) is 17.5 Å². The van der Waals surface area contributed by atoms with Gasteiger partial charge in [0.25, 0.3) is 0 Å². The molecule has 1 fully saturated rings. The van der Waals surface area contributed by atoms with Crippen molar-refractivity contribution in [1.82, 2.24) is 14.5 Å². The number of nitrogens with zero attached hydrogens (tertiary/aromatic N) is 3. The topological polar surface area (TPSA) is 30.3 Å². The summed E-state index contributed by atoms with van der Waals surface area (Å²) in [6.07, 6.45) is -3.25. The maximum atomic E-state index is 13.7. The van der Waals surface area contributed by atoms with E-state index in [1.165, 1.54) is 6.20 Å². The normalized spacial score (nSPS) is 17.7. The van der Waals surface area contributed by atoms with Crippen molar-refractivity contribution in [3.05, 3.63) is 41.7 Å². The second-order valence-electron chi connectivity index (χ2n) is 7.18. The minimum absolute atomic E-state index is 0.0921. The molecular formula is C20H22F3N3O. The summed E-state index contributed by atoms with van der Waals surface area (Å²) in [5, 5.41) is 1.43. The van der Waals surface area contributed by atoms with Gasteiger partial charge in [-0.05, 0) is 31.5 Å². The summed E-state index contributed by atoms with van der Waals surface area (Å²) >= 11 is 0. The van der Waals surface area contributed by atoms with Crippen LogP contribution in [0.5, 0.6) is 0 Å². The van der Waals surface area contributed by atoms with Crippen LogP contribution in [0.15, 0.2) is 30.5 Å². The van der Waals surface area contributed by atoms with E-state index in [0.717, 1.165) is 29.6 Å². The zero-order valence-electron chi connectivity index (χ0n) is 15.4. The van der Waals surface area contributed by atoms with Gasteiger partial charge in [-0.1, -0.05) is 12.1 Å². The number of fused-ring (bicyclic) bond motifs is 3. The lowest BCUT2D eigenvalue weighted by molar-refractivity contribution is -0.140. The molecule has 1 aromatic carbocycles. The van der Waals surface area contributed by atoms with Gasteiger partial charge < -0.3 is 9.30 Å². The first-order valence-electron chi connectivity index (χ1n) is 9.13. The number of alkyl halides is 3. The molecule has 1 aliphatic rings. The summed E-state index contributed by atoms with van der Waals surface area (Å²) in [6, 6.07) is 7.57. The van der Waals surface area contributed by atoms with E-state index in [9.17, 15) is 13.2 Å². The van der Waals surface area contributed by atoms with Crippen molar-refractivity contribution in [3.63, 3.8) is 0 Å². The van der Waals surface area contributed by atoms with E-state index in [-0.39, 0.29) is 11.6 Å². The van der Waals surface area contributed by atoms with Crippen LogP contribution in [0.25, 0.3) is 21.8 Å². The Morgan fingerprint density at radius 2 is 1.89 bits per heavy atom. The minimum Gasteiger partial charge on any atom is -0.379 e. The van der Waals surface area contributed by atoms with E-state index in [2.05, 4.69) is 16.8 Å². The van der Waals surface area contributed by atoms with Gasteiger partial charge in [-0.2, -0.15) is 13.2 Å². The Kier molecular flexibility index (Phi) is 4.60. The molecule has 0 amide bonds. The molecule has 4 nitrogen and oxygen atoms in total. The highest BCUT2D eigenvalue weighted by molar-refractivity contribution is 6.09. The lowest BCUT2D eigenvalue weighted by atomic mass is 10.1. The Morgan fingerprint density at radius 1 is 1.15 bits per heavy atom. The van der Waals surface area contributed by atoms with E-state index >= 15 is 0 Å². The Labute approximate surface area is 155 Å². The van der Waals surface area contributed by atoms with Gasteiger partial charge in [0.1, 0.15) is 0 Å². The number of aryl methyl sites for hydroxylation is 1. The van der Waals surface area contributed by atoms with Crippen LogP contribution in [-0.4, -0.2) is 46.8 Å². The summed E-state index contributed by atoms with van der Waals surface area (Å²) < 4.78 is 48.3. The van der Waals surface area contributed by atoms with Crippen LogP contribution in [0.2, 0.25) is 0 Å². The van der Waals surface area contributed by atoms with Crippen LogP contribution in [0.4, 0.5) is 13.2 Å². The van der Waals surface area contributed by atoms with Gasteiger partial charge in [-0.25, -0.2) is 4.98 Å². The Morgan fingerprint density at radius 3 is 2.59 bits per heavy atom. The first-order valence-corrected chi connectivity index (χ1v) is 9.13. The number of hydrogen-bond donors (Lipinski definition) is 0. The molecule has 0 N–H and O–H groups in total. The second-order valence-corrected chi connectivity index (χ2v) is 7.18. The maximum Gasteiger partial charge on any atom is 0.435 e. The monoisotopic (exact) mass is 377 g/mol. The Hall–Kier alpha value is -2.12. The summed E-state index contributed by atoms with van der Waals surface area (Å²) in [5.41, 5.74) is 1.20. The van der Waals surface area contributed by atoms with Gasteiger partial charge in [0.2, 0.25) is 0 Å². The van der Waals surface area contributed by atoms with Gasteiger partial charge in [-0.3, -0.25) is 4.90 Å². The summed E-state index contributed by atoms with van der Waals surface area (Å²) in [7, 11) is 0. The van der Waals surface area contributed by atoms with Crippen molar-refractivity contribution in [3.8, 4) is 0 Å². The molecular weight excluding hydrogens is 355 g/mol. The molecule has 4 rings (SSSR count). The van der Waals surface area contributed by atoms with E-state index in [1.54, 1.807) is 10.6 Å². The molecule has 0 saturated carbocycles. The van der Waals surface area contributed by atoms with Gasteiger partial charge in [-0.15, -0.1) is 0 Å². The predicted molar refractivity (Wildman–Crippen MR) is 98.8 cm³/mol. The fourth-order valence-electron chi connectivity index (χ4n) is 3.95. The van der Waals surface area contributed by atoms with Crippen molar-refractivity contribution in [2.24, 2.45) is 0 Å². The van der Waals surface area contributed by atoms with E-state index < -0.39 is 11.9 Å². The third-order valence-corrected chi connectivity index (χ3v) is 5.31. The van der Waals surface area contributed by atoms with E-state index in [1.807, 2.05) is 25.1 Å². The molecule has 27 heavy (non-hydrogen) atoms. The molecule has 3 aromatic rings.